The minimum atomic E-state index is 0.410. The van der Waals surface area contributed by atoms with Crippen molar-refractivity contribution in [3.05, 3.63) is 0 Å². The van der Waals surface area contributed by atoms with Crippen molar-refractivity contribution in [3.8, 4) is 0 Å². The minimum Gasteiger partial charge on any atom is -0.320 e. The molecular weight excluding hydrogens is 208 g/mol. The Morgan fingerprint density at radius 2 is 1.80 bits per heavy atom. The van der Waals surface area contributed by atoms with Crippen LogP contribution in [0.4, 0.5) is 0 Å². The van der Waals surface area contributed by atoms with Crippen LogP contribution in [0.1, 0.15) is 44.9 Å². The molecule has 1 heterocycles. The fraction of sp³-hybridized carbons (Fsp3) is 1.00. The van der Waals surface area contributed by atoms with Gasteiger partial charge in [-0.2, -0.15) is 0 Å². The Morgan fingerprint density at radius 3 is 2.47 bits per heavy atom. The zero-order valence-electron chi connectivity index (χ0n) is 9.55. The van der Waals surface area contributed by atoms with Crippen LogP contribution < -0.4 is 10.6 Å². The van der Waals surface area contributed by atoms with Gasteiger partial charge in [0.2, 0.25) is 0 Å². The molecule has 0 spiro atoms. The third-order valence-corrected chi connectivity index (χ3v) is 4.55. The summed E-state index contributed by atoms with van der Waals surface area (Å²) in [6.07, 6.45) is 9.42. The van der Waals surface area contributed by atoms with E-state index in [4.69, 9.17) is 17.3 Å². The Bertz CT molecular complexity index is 190. The molecule has 3 N–H and O–H groups in total. The highest BCUT2D eigenvalue weighted by molar-refractivity contribution is 6.20. The fourth-order valence-corrected chi connectivity index (χ4v) is 3.31. The largest absolute Gasteiger partial charge is 0.320 e. The van der Waals surface area contributed by atoms with E-state index < -0.39 is 0 Å². The van der Waals surface area contributed by atoms with Crippen LogP contribution in [0.25, 0.3) is 0 Å². The zero-order chi connectivity index (χ0) is 10.7. The van der Waals surface area contributed by atoms with Crippen molar-refractivity contribution in [1.29, 1.82) is 0 Å². The lowest BCUT2D eigenvalue weighted by Gasteiger charge is -2.34. The molecule has 1 aliphatic heterocycles. The molecular formula is C12H24ClN2+. The number of nitrogens with one attached hydrogen (secondary N) is 1. The van der Waals surface area contributed by atoms with Crippen LogP contribution in [0, 0.1) is 5.92 Å². The number of piperidine rings is 1. The SMILES string of the molecule is NC1CCCC[NH+]1CC1CCC(Cl)CC1. The summed E-state index contributed by atoms with van der Waals surface area (Å²) in [4.78, 5) is 1.65. The molecule has 15 heavy (non-hydrogen) atoms. The Morgan fingerprint density at radius 1 is 1.07 bits per heavy atom. The van der Waals surface area contributed by atoms with Crippen molar-refractivity contribution in [2.45, 2.75) is 56.5 Å². The van der Waals surface area contributed by atoms with Gasteiger partial charge in [0.05, 0.1) is 13.1 Å². The monoisotopic (exact) mass is 231 g/mol. The lowest BCUT2D eigenvalue weighted by molar-refractivity contribution is -0.933. The number of nitrogens with two attached hydrogens (primary N) is 1. The van der Waals surface area contributed by atoms with Gasteiger partial charge in [-0.15, -0.1) is 11.6 Å². The van der Waals surface area contributed by atoms with Gasteiger partial charge < -0.3 is 4.90 Å². The third-order valence-electron chi connectivity index (χ3n) is 4.11. The van der Waals surface area contributed by atoms with Crippen molar-refractivity contribution < 1.29 is 4.90 Å². The molecule has 0 radical (unpaired) electrons. The average Bonchev–Trinajstić information content (AvgIpc) is 2.25. The summed E-state index contributed by atoms with van der Waals surface area (Å²) in [5, 5.41) is 0.450. The lowest BCUT2D eigenvalue weighted by atomic mass is 9.88. The molecule has 2 fully saturated rings. The number of quaternary nitrogens is 1. The number of likely N-dealkylation sites (tertiary alicyclic amines) is 1. The first kappa shape index (κ1) is 11.7. The summed E-state index contributed by atoms with van der Waals surface area (Å²) >= 11 is 6.12. The second kappa shape index (κ2) is 5.51. The molecule has 3 heteroatoms. The number of hydrogen-bond donors (Lipinski definition) is 2. The third kappa shape index (κ3) is 3.33. The Hall–Kier alpha value is 0.210. The maximum Gasteiger partial charge on any atom is 0.138 e. The maximum absolute atomic E-state index is 6.16. The van der Waals surface area contributed by atoms with Gasteiger partial charge in [0, 0.05) is 17.7 Å². The first-order valence-electron chi connectivity index (χ1n) is 6.50. The van der Waals surface area contributed by atoms with Gasteiger partial charge in [0.15, 0.2) is 0 Å². The zero-order valence-corrected chi connectivity index (χ0v) is 10.3. The molecule has 0 bridgehead atoms. The van der Waals surface area contributed by atoms with Crippen LogP contribution in [-0.4, -0.2) is 24.6 Å². The molecule has 0 amide bonds. The second-order valence-electron chi connectivity index (χ2n) is 5.33. The van der Waals surface area contributed by atoms with Crippen molar-refractivity contribution in [3.63, 3.8) is 0 Å². The highest BCUT2D eigenvalue weighted by Crippen LogP contribution is 2.26. The molecule has 0 aromatic heterocycles. The first-order valence-corrected chi connectivity index (χ1v) is 6.93. The molecule has 1 saturated heterocycles. The fourth-order valence-electron chi connectivity index (χ4n) is 3.06. The summed E-state index contributed by atoms with van der Waals surface area (Å²) < 4.78 is 0. The highest BCUT2D eigenvalue weighted by atomic mass is 35.5. The van der Waals surface area contributed by atoms with Gasteiger partial charge in [-0.3, -0.25) is 5.73 Å². The van der Waals surface area contributed by atoms with E-state index in [2.05, 4.69) is 0 Å². The molecule has 2 rings (SSSR count). The molecule has 2 nitrogen and oxygen atoms in total. The Kier molecular flexibility index (Phi) is 4.30. The van der Waals surface area contributed by atoms with Crippen molar-refractivity contribution in [2.75, 3.05) is 13.1 Å². The van der Waals surface area contributed by atoms with Crippen LogP contribution >= 0.6 is 11.6 Å². The summed E-state index contributed by atoms with van der Waals surface area (Å²) in [5.41, 5.74) is 6.16. The standard InChI is InChI=1S/C12H23ClN2/c13-11-6-4-10(5-7-11)9-15-8-2-1-3-12(15)14/h10-12H,1-9,14H2/p+1. The van der Waals surface area contributed by atoms with Gasteiger partial charge in [0.25, 0.3) is 0 Å². The van der Waals surface area contributed by atoms with Gasteiger partial charge in [-0.1, -0.05) is 0 Å². The Labute approximate surface area is 98.1 Å². The summed E-state index contributed by atoms with van der Waals surface area (Å²) in [5.74, 6) is 0.888. The van der Waals surface area contributed by atoms with Crippen molar-refractivity contribution >= 4 is 11.6 Å². The van der Waals surface area contributed by atoms with E-state index in [0.717, 1.165) is 5.92 Å². The van der Waals surface area contributed by atoms with E-state index in [-0.39, 0.29) is 0 Å². The Balaban J connectivity index is 1.75. The molecule has 2 aliphatic rings. The van der Waals surface area contributed by atoms with Crippen LogP contribution in [-0.2, 0) is 0 Å². The van der Waals surface area contributed by atoms with Gasteiger partial charge >= 0.3 is 0 Å². The van der Waals surface area contributed by atoms with E-state index >= 15 is 0 Å². The predicted octanol–water partition coefficient (Wildman–Crippen LogP) is 1.14. The van der Waals surface area contributed by atoms with E-state index in [1.165, 1.54) is 58.0 Å². The molecule has 0 aromatic rings. The molecule has 1 saturated carbocycles. The highest BCUT2D eigenvalue weighted by Gasteiger charge is 2.28. The van der Waals surface area contributed by atoms with E-state index in [1.54, 1.807) is 4.90 Å². The number of rotatable bonds is 2. The lowest BCUT2D eigenvalue weighted by Crippen LogP contribution is -3.18. The molecule has 1 aliphatic carbocycles. The average molecular weight is 232 g/mol. The van der Waals surface area contributed by atoms with E-state index in [0.29, 0.717) is 11.5 Å². The summed E-state index contributed by atoms with van der Waals surface area (Å²) in [7, 11) is 0. The van der Waals surface area contributed by atoms with Crippen molar-refractivity contribution in [1.82, 2.24) is 0 Å². The van der Waals surface area contributed by atoms with Gasteiger partial charge in [-0.25, -0.2) is 0 Å². The molecule has 2 unspecified atom stereocenters. The smallest absolute Gasteiger partial charge is 0.138 e. The van der Waals surface area contributed by atoms with Crippen LogP contribution in [0.5, 0.6) is 0 Å². The molecule has 2 atom stereocenters. The van der Waals surface area contributed by atoms with Crippen molar-refractivity contribution in [2.24, 2.45) is 11.7 Å². The topological polar surface area (TPSA) is 30.5 Å². The summed E-state index contributed by atoms with van der Waals surface area (Å²) in [6.45, 7) is 2.59. The van der Waals surface area contributed by atoms with Gasteiger partial charge in [-0.05, 0) is 38.5 Å². The maximum atomic E-state index is 6.16. The number of halogens is 1. The first-order chi connectivity index (χ1) is 7.25. The van der Waals surface area contributed by atoms with Gasteiger partial charge in [0.1, 0.15) is 6.17 Å². The van der Waals surface area contributed by atoms with E-state index in [1.807, 2.05) is 0 Å². The summed E-state index contributed by atoms with van der Waals surface area (Å²) in [6, 6.07) is 0. The van der Waals surface area contributed by atoms with Crippen LogP contribution in [0.2, 0.25) is 0 Å². The predicted molar refractivity (Wildman–Crippen MR) is 64.1 cm³/mol. The minimum absolute atomic E-state index is 0.410. The number of alkyl halides is 1. The quantitative estimate of drug-likeness (QED) is 0.686. The van der Waals surface area contributed by atoms with Crippen LogP contribution in [0.3, 0.4) is 0 Å². The second-order valence-corrected chi connectivity index (χ2v) is 5.95. The van der Waals surface area contributed by atoms with E-state index in [9.17, 15) is 0 Å². The molecule has 0 aromatic carbocycles. The van der Waals surface area contributed by atoms with Crippen LogP contribution in [0.15, 0.2) is 0 Å². The normalized spacial score (nSPS) is 42.8. The molecule has 88 valence electrons. The number of hydrogen-bond acceptors (Lipinski definition) is 1.